The average molecular weight is 299 g/mol. The van der Waals surface area contributed by atoms with Gasteiger partial charge in [0, 0.05) is 7.05 Å². The molecule has 0 aliphatic rings. The number of aromatic nitrogens is 2. The fraction of sp³-hybridized carbons (Fsp3) is 0.231. The minimum absolute atomic E-state index is 0.212. The van der Waals surface area contributed by atoms with E-state index in [4.69, 9.17) is 0 Å². The molecule has 0 saturated carbocycles. The summed E-state index contributed by atoms with van der Waals surface area (Å²) >= 11 is 0. The highest BCUT2D eigenvalue weighted by Crippen LogP contribution is 2.34. The monoisotopic (exact) mass is 299 g/mol. The van der Waals surface area contributed by atoms with Gasteiger partial charge >= 0.3 is 6.18 Å². The summed E-state index contributed by atoms with van der Waals surface area (Å²) in [5.41, 5.74) is -1.50. The predicted molar refractivity (Wildman–Crippen MR) is 67.7 cm³/mol. The number of benzene rings is 1. The van der Waals surface area contributed by atoms with Crippen molar-refractivity contribution in [2.75, 3.05) is 14.2 Å². The van der Waals surface area contributed by atoms with Crippen LogP contribution in [-0.4, -0.2) is 34.9 Å². The van der Waals surface area contributed by atoms with Gasteiger partial charge in [-0.2, -0.15) is 18.3 Å². The normalized spacial score (nSPS) is 11.5. The number of nitrogens with zero attached hydrogens (tertiary/aromatic N) is 3. The van der Waals surface area contributed by atoms with E-state index in [2.05, 4.69) is 9.94 Å². The van der Waals surface area contributed by atoms with E-state index in [1.807, 2.05) is 0 Å². The molecule has 1 aromatic heterocycles. The van der Waals surface area contributed by atoms with E-state index in [1.165, 1.54) is 26.3 Å². The van der Waals surface area contributed by atoms with E-state index in [0.717, 1.165) is 6.20 Å². The molecule has 1 heterocycles. The van der Waals surface area contributed by atoms with Crippen LogP contribution in [0.1, 0.15) is 16.1 Å². The van der Waals surface area contributed by atoms with Crippen LogP contribution in [0.5, 0.6) is 0 Å². The van der Waals surface area contributed by atoms with Gasteiger partial charge in [-0.15, -0.1) is 0 Å². The lowest BCUT2D eigenvalue weighted by atomic mass is 10.2. The van der Waals surface area contributed by atoms with E-state index >= 15 is 0 Å². The van der Waals surface area contributed by atoms with Gasteiger partial charge in [0.1, 0.15) is 0 Å². The molecule has 0 spiro atoms. The van der Waals surface area contributed by atoms with E-state index in [1.54, 1.807) is 18.2 Å². The average Bonchev–Trinajstić information content (AvgIpc) is 2.91. The number of hydrogen-bond donors (Lipinski definition) is 0. The Bertz CT molecular complexity index is 638. The summed E-state index contributed by atoms with van der Waals surface area (Å²) < 4.78 is 40.5. The largest absolute Gasteiger partial charge is 0.434 e. The highest BCUT2D eigenvalue weighted by molar-refractivity contribution is 5.94. The number of hydrogen-bond acceptors (Lipinski definition) is 3. The van der Waals surface area contributed by atoms with E-state index < -0.39 is 23.3 Å². The summed E-state index contributed by atoms with van der Waals surface area (Å²) in [6.07, 6.45) is -3.85. The van der Waals surface area contributed by atoms with Gasteiger partial charge in [-0.1, -0.05) is 18.2 Å². The van der Waals surface area contributed by atoms with Crippen molar-refractivity contribution in [3.63, 3.8) is 0 Å². The topological polar surface area (TPSA) is 47.4 Å². The number of carbonyl (C=O) groups excluding carboxylic acids is 1. The Balaban J connectivity index is 2.60. The van der Waals surface area contributed by atoms with E-state index in [0.29, 0.717) is 9.75 Å². The first-order chi connectivity index (χ1) is 9.86. The number of hydroxylamine groups is 2. The van der Waals surface area contributed by atoms with E-state index in [-0.39, 0.29) is 5.69 Å². The van der Waals surface area contributed by atoms with Crippen LogP contribution in [0.15, 0.2) is 36.5 Å². The summed E-state index contributed by atoms with van der Waals surface area (Å²) in [6, 6.07) is 7.78. The summed E-state index contributed by atoms with van der Waals surface area (Å²) in [4.78, 5) is 16.6. The fourth-order valence-electron chi connectivity index (χ4n) is 1.80. The molecule has 0 fully saturated rings. The van der Waals surface area contributed by atoms with Gasteiger partial charge in [0.2, 0.25) is 0 Å². The number of alkyl halides is 3. The lowest BCUT2D eigenvalue weighted by Crippen LogP contribution is -2.28. The molecule has 0 saturated heterocycles. The second kappa shape index (κ2) is 5.57. The van der Waals surface area contributed by atoms with Gasteiger partial charge in [0.15, 0.2) is 5.69 Å². The van der Waals surface area contributed by atoms with Crippen LogP contribution in [0.4, 0.5) is 13.2 Å². The van der Waals surface area contributed by atoms with E-state index in [9.17, 15) is 18.0 Å². The first kappa shape index (κ1) is 15.0. The molecule has 0 bridgehead atoms. The Hall–Kier alpha value is -2.35. The third-order valence-corrected chi connectivity index (χ3v) is 2.83. The Morgan fingerprint density at radius 1 is 1.29 bits per heavy atom. The molecule has 0 aliphatic carbocycles. The van der Waals surface area contributed by atoms with Crippen LogP contribution in [-0.2, 0) is 11.0 Å². The zero-order valence-electron chi connectivity index (χ0n) is 11.3. The van der Waals surface area contributed by atoms with Crippen molar-refractivity contribution in [1.29, 1.82) is 0 Å². The van der Waals surface area contributed by atoms with Crippen molar-refractivity contribution in [1.82, 2.24) is 14.8 Å². The molecule has 21 heavy (non-hydrogen) atoms. The van der Waals surface area contributed by atoms with Gasteiger partial charge in [-0.05, 0) is 12.1 Å². The molecular formula is C13H12F3N3O2. The molecule has 0 radical (unpaired) electrons. The highest BCUT2D eigenvalue weighted by Gasteiger charge is 2.41. The van der Waals surface area contributed by atoms with Gasteiger partial charge in [0.05, 0.1) is 24.6 Å². The first-order valence-corrected chi connectivity index (χ1v) is 5.89. The van der Waals surface area contributed by atoms with Crippen molar-refractivity contribution in [3.8, 4) is 5.69 Å². The maximum atomic E-state index is 13.3. The number of para-hydroxylation sites is 1. The second-order valence-electron chi connectivity index (χ2n) is 4.14. The standard InChI is InChI=1S/C13H12F3N3O2/c1-18(21-2)12(20)10-8-17-19(11(10)13(14,15)16)9-6-4-3-5-7-9/h3-8H,1-2H3. The van der Waals surface area contributed by atoms with Gasteiger partial charge in [0.25, 0.3) is 5.91 Å². The smallest absolute Gasteiger partial charge is 0.274 e. The molecule has 0 unspecified atom stereocenters. The zero-order valence-corrected chi connectivity index (χ0v) is 11.3. The Kier molecular flexibility index (Phi) is 3.99. The Morgan fingerprint density at radius 2 is 1.90 bits per heavy atom. The van der Waals surface area contributed by atoms with Crippen molar-refractivity contribution in [3.05, 3.63) is 47.8 Å². The van der Waals surface area contributed by atoms with Gasteiger partial charge in [-0.3, -0.25) is 9.63 Å². The molecule has 2 rings (SSSR count). The predicted octanol–water partition coefficient (Wildman–Crippen LogP) is 2.52. The molecule has 2 aromatic rings. The Labute approximate surface area is 118 Å². The molecule has 112 valence electrons. The quantitative estimate of drug-likeness (QED) is 0.818. The zero-order chi connectivity index (χ0) is 15.6. The first-order valence-electron chi connectivity index (χ1n) is 5.89. The molecule has 0 atom stereocenters. The molecule has 1 amide bonds. The fourth-order valence-corrected chi connectivity index (χ4v) is 1.80. The van der Waals surface area contributed by atoms with Crippen molar-refractivity contribution < 1.29 is 22.8 Å². The van der Waals surface area contributed by atoms with Crippen LogP contribution in [0.25, 0.3) is 5.69 Å². The van der Waals surface area contributed by atoms with Crippen molar-refractivity contribution >= 4 is 5.91 Å². The number of rotatable bonds is 3. The molecule has 5 nitrogen and oxygen atoms in total. The van der Waals surface area contributed by atoms with Crippen LogP contribution in [0, 0.1) is 0 Å². The molecular weight excluding hydrogens is 287 g/mol. The molecule has 8 heteroatoms. The summed E-state index contributed by atoms with van der Waals surface area (Å²) in [5.74, 6) is -0.924. The maximum absolute atomic E-state index is 13.3. The van der Waals surface area contributed by atoms with Crippen molar-refractivity contribution in [2.45, 2.75) is 6.18 Å². The van der Waals surface area contributed by atoms with Crippen molar-refractivity contribution in [2.24, 2.45) is 0 Å². The third kappa shape index (κ3) is 2.89. The molecule has 1 aromatic carbocycles. The molecule has 0 aliphatic heterocycles. The lowest BCUT2D eigenvalue weighted by molar-refractivity contribution is -0.143. The minimum atomic E-state index is -4.73. The number of halogens is 3. The summed E-state index contributed by atoms with van der Waals surface area (Å²) in [6.45, 7) is 0. The highest BCUT2D eigenvalue weighted by atomic mass is 19.4. The number of carbonyl (C=O) groups is 1. The SMILES string of the molecule is CON(C)C(=O)c1cnn(-c2ccccc2)c1C(F)(F)F. The van der Waals surface area contributed by atoms with Crippen LogP contribution in [0.3, 0.4) is 0 Å². The van der Waals surface area contributed by atoms with Crippen LogP contribution in [0.2, 0.25) is 0 Å². The lowest BCUT2D eigenvalue weighted by Gasteiger charge is -2.16. The molecule has 0 N–H and O–H groups in total. The third-order valence-electron chi connectivity index (χ3n) is 2.83. The maximum Gasteiger partial charge on any atom is 0.434 e. The van der Waals surface area contributed by atoms with Crippen LogP contribution >= 0.6 is 0 Å². The Morgan fingerprint density at radius 3 is 2.43 bits per heavy atom. The number of amides is 1. The minimum Gasteiger partial charge on any atom is -0.274 e. The van der Waals surface area contributed by atoms with Crippen LogP contribution < -0.4 is 0 Å². The van der Waals surface area contributed by atoms with Gasteiger partial charge < -0.3 is 0 Å². The second-order valence-corrected chi connectivity index (χ2v) is 4.14. The summed E-state index contributed by atoms with van der Waals surface area (Å²) in [5, 5.41) is 4.39. The summed E-state index contributed by atoms with van der Waals surface area (Å²) in [7, 11) is 2.41. The van der Waals surface area contributed by atoms with Gasteiger partial charge in [-0.25, -0.2) is 9.75 Å².